The molecule has 1 N–H and O–H groups in total. The van der Waals surface area contributed by atoms with E-state index in [1.54, 1.807) is 0 Å². The normalized spacial score (nSPS) is 12.7. The summed E-state index contributed by atoms with van der Waals surface area (Å²) in [5.74, 6) is 2.48. The molecule has 1 unspecified atom stereocenters. The Kier molecular flexibility index (Phi) is 3.45. The third-order valence-corrected chi connectivity index (χ3v) is 0.722. The summed E-state index contributed by atoms with van der Waals surface area (Å²) >= 11 is 0. The molecular weight excluding hydrogens is 86.1 g/mol. The van der Waals surface area contributed by atoms with Crippen LogP contribution in [0.4, 0.5) is 0 Å². The molecule has 0 aromatic rings. The maximum atomic E-state index is 6.99. The highest BCUT2D eigenvalue weighted by Gasteiger charge is 1.88. The second kappa shape index (κ2) is 3.70. The Bertz CT molecular complexity index is 68.7. The summed E-state index contributed by atoms with van der Waals surface area (Å²) in [6.45, 7) is 1.84. The SMILES string of the molecule is C#CCCC(C)[NH]. The highest BCUT2D eigenvalue weighted by Crippen LogP contribution is 1.90. The largest absolute Gasteiger partial charge is 0.255 e. The first-order valence-corrected chi connectivity index (χ1v) is 2.42. The van der Waals surface area contributed by atoms with Crippen molar-refractivity contribution in [3.63, 3.8) is 0 Å². The number of hydrogen-bond acceptors (Lipinski definition) is 0. The van der Waals surface area contributed by atoms with E-state index in [1.807, 2.05) is 6.92 Å². The minimum atomic E-state index is 0.0102. The summed E-state index contributed by atoms with van der Waals surface area (Å²) in [5.41, 5.74) is 6.99. The summed E-state index contributed by atoms with van der Waals surface area (Å²) in [6, 6.07) is 0.0102. The topological polar surface area (TPSA) is 23.8 Å². The first-order chi connectivity index (χ1) is 3.27. The predicted octanol–water partition coefficient (Wildman–Crippen LogP) is 1.07. The molecule has 0 fully saturated rings. The van der Waals surface area contributed by atoms with Gasteiger partial charge in [0.15, 0.2) is 0 Å². The second-order valence-corrected chi connectivity index (χ2v) is 1.64. The minimum Gasteiger partial charge on any atom is -0.255 e. The Morgan fingerprint density at radius 2 is 2.43 bits per heavy atom. The van der Waals surface area contributed by atoms with E-state index in [2.05, 4.69) is 5.92 Å². The fourth-order valence-electron chi connectivity index (χ4n) is 0.300. The van der Waals surface area contributed by atoms with E-state index < -0.39 is 0 Å². The molecule has 0 rings (SSSR count). The van der Waals surface area contributed by atoms with Crippen molar-refractivity contribution < 1.29 is 0 Å². The van der Waals surface area contributed by atoms with Crippen molar-refractivity contribution >= 4 is 0 Å². The molecule has 0 amide bonds. The maximum Gasteiger partial charge on any atom is 0.0193 e. The van der Waals surface area contributed by atoms with E-state index in [0.29, 0.717) is 0 Å². The van der Waals surface area contributed by atoms with Crippen LogP contribution in [0.2, 0.25) is 0 Å². The third kappa shape index (κ3) is 5.52. The zero-order valence-electron chi connectivity index (χ0n) is 4.57. The molecule has 7 heavy (non-hydrogen) atoms. The van der Waals surface area contributed by atoms with Crippen LogP contribution in [0.25, 0.3) is 0 Å². The van der Waals surface area contributed by atoms with Gasteiger partial charge >= 0.3 is 0 Å². The first kappa shape index (κ1) is 6.52. The Labute approximate surface area is 44.9 Å². The van der Waals surface area contributed by atoms with Gasteiger partial charge < -0.3 is 0 Å². The molecule has 1 atom stereocenters. The lowest BCUT2D eigenvalue weighted by molar-refractivity contribution is 0.664. The molecule has 0 aromatic carbocycles. The van der Waals surface area contributed by atoms with Crippen molar-refractivity contribution in [2.24, 2.45) is 0 Å². The highest BCUT2D eigenvalue weighted by atomic mass is 14.6. The molecular formula is C6H10N. The van der Waals surface area contributed by atoms with Crippen LogP contribution >= 0.6 is 0 Å². The molecule has 0 spiro atoms. The van der Waals surface area contributed by atoms with Crippen molar-refractivity contribution in [3.05, 3.63) is 0 Å². The molecule has 1 nitrogen and oxygen atoms in total. The van der Waals surface area contributed by atoms with Gasteiger partial charge in [0.1, 0.15) is 0 Å². The fourth-order valence-corrected chi connectivity index (χ4v) is 0.300. The Hall–Kier alpha value is -0.480. The van der Waals surface area contributed by atoms with Crippen molar-refractivity contribution in [1.29, 1.82) is 0 Å². The summed E-state index contributed by atoms with van der Waals surface area (Å²) in [5, 5.41) is 0. The van der Waals surface area contributed by atoms with Gasteiger partial charge in [-0.1, -0.05) is 0 Å². The Morgan fingerprint density at radius 3 is 2.57 bits per heavy atom. The van der Waals surface area contributed by atoms with Crippen LogP contribution in [0.15, 0.2) is 0 Å². The molecule has 1 radical (unpaired) electrons. The van der Waals surface area contributed by atoms with Gasteiger partial charge in [-0.15, -0.1) is 12.3 Å². The third-order valence-electron chi connectivity index (χ3n) is 0.722. The molecule has 0 bridgehead atoms. The molecule has 1 heteroatoms. The molecule has 39 valence electrons. The second-order valence-electron chi connectivity index (χ2n) is 1.64. The number of rotatable bonds is 2. The quantitative estimate of drug-likeness (QED) is 0.459. The molecule has 0 aliphatic rings. The fraction of sp³-hybridized carbons (Fsp3) is 0.667. The predicted molar refractivity (Wildman–Crippen MR) is 30.6 cm³/mol. The number of hydrogen-bond donors (Lipinski definition) is 0. The average Bonchev–Trinajstić information content (AvgIpc) is 1.61. The van der Waals surface area contributed by atoms with Gasteiger partial charge in [0.25, 0.3) is 0 Å². The van der Waals surface area contributed by atoms with E-state index >= 15 is 0 Å². The van der Waals surface area contributed by atoms with Crippen LogP contribution < -0.4 is 5.73 Å². The van der Waals surface area contributed by atoms with Gasteiger partial charge in [-0.05, 0) is 13.3 Å². The summed E-state index contributed by atoms with van der Waals surface area (Å²) < 4.78 is 0. The lowest BCUT2D eigenvalue weighted by atomic mass is 10.2. The van der Waals surface area contributed by atoms with Crippen molar-refractivity contribution in [2.75, 3.05) is 0 Å². The molecule has 0 aromatic heterocycles. The van der Waals surface area contributed by atoms with Gasteiger partial charge in [-0.3, -0.25) is 5.73 Å². The van der Waals surface area contributed by atoms with Gasteiger partial charge in [0.2, 0.25) is 0 Å². The summed E-state index contributed by atoms with van der Waals surface area (Å²) in [6.07, 6.45) is 6.51. The monoisotopic (exact) mass is 96.1 g/mol. The van der Waals surface area contributed by atoms with Crippen molar-refractivity contribution in [1.82, 2.24) is 5.73 Å². The van der Waals surface area contributed by atoms with Crippen LogP contribution in [-0.2, 0) is 0 Å². The molecule has 0 aliphatic carbocycles. The summed E-state index contributed by atoms with van der Waals surface area (Å²) in [4.78, 5) is 0. The van der Waals surface area contributed by atoms with Crippen LogP contribution in [0.3, 0.4) is 0 Å². The lowest BCUT2D eigenvalue weighted by Gasteiger charge is -1.94. The van der Waals surface area contributed by atoms with E-state index in [4.69, 9.17) is 12.2 Å². The van der Waals surface area contributed by atoms with Crippen LogP contribution in [0, 0.1) is 12.3 Å². The smallest absolute Gasteiger partial charge is 0.0193 e. The zero-order chi connectivity index (χ0) is 5.70. The van der Waals surface area contributed by atoms with Crippen molar-refractivity contribution in [3.8, 4) is 12.3 Å². The molecule has 0 saturated heterocycles. The minimum absolute atomic E-state index is 0.0102. The van der Waals surface area contributed by atoms with E-state index in [1.165, 1.54) is 0 Å². The molecule has 0 heterocycles. The van der Waals surface area contributed by atoms with Crippen molar-refractivity contribution in [2.45, 2.75) is 25.8 Å². The van der Waals surface area contributed by atoms with E-state index in [0.717, 1.165) is 12.8 Å². The van der Waals surface area contributed by atoms with Gasteiger partial charge in [0.05, 0.1) is 0 Å². The van der Waals surface area contributed by atoms with Gasteiger partial charge in [0, 0.05) is 12.5 Å². The van der Waals surface area contributed by atoms with Crippen LogP contribution in [0.5, 0.6) is 0 Å². The summed E-state index contributed by atoms with van der Waals surface area (Å²) in [7, 11) is 0. The van der Waals surface area contributed by atoms with E-state index in [-0.39, 0.29) is 6.04 Å². The first-order valence-electron chi connectivity index (χ1n) is 2.42. The van der Waals surface area contributed by atoms with E-state index in [9.17, 15) is 0 Å². The average molecular weight is 96.2 g/mol. The Balaban J connectivity index is 2.86. The van der Waals surface area contributed by atoms with Crippen LogP contribution in [-0.4, -0.2) is 6.04 Å². The zero-order valence-corrected chi connectivity index (χ0v) is 4.57. The molecule has 0 saturated carbocycles. The molecule has 0 aliphatic heterocycles. The maximum absolute atomic E-state index is 6.99. The highest BCUT2D eigenvalue weighted by molar-refractivity contribution is 4.84. The standard InChI is InChI=1S/C6H10N/c1-3-4-5-6(2)7/h1,6-7H,4-5H2,2H3. The number of nitrogens with one attached hydrogen (secondary N) is 1. The van der Waals surface area contributed by atoms with Crippen LogP contribution in [0.1, 0.15) is 19.8 Å². The lowest BCUT2D eigenvalue weighted by Crippen LogP contribution is -1.99. The number of terminal acetylenes is 1. The van der Waals surface area contributed by atoms with Gasteiger partial charge in [-0.25, -0.2) is 0 Å². The van der Waals surface area contributed by atoms with Gasteiger partial charge in [-0.2, -0.15) is 0 Å². The Morgan fingerprint density at radius 1 is 1.86 bits per heavy atom.